The molecule has 0 spiro atoms. The molecule has 0 aliphatic heterocycles. The van der Waals surface area contributed by atoms with Gasteiger partial charge in [-0.15, -0.1) is 6.42 Å². The Hall–Kier alpha value is -6.34. The Kier molecular flexibility index (Phi) is 8.46. The predicted molar refractivity (Wildman–Crippen MR) is 216 cm³/mol. The van der Waals surface area contributed by atoms with E-state index in [9.17, 15) is 0 Å². The Balaban J connectivity index is 1.31. The molecule has 0 heterocycles. The van der Waals surface area contributed by atoms with Gasteiger partial charge in [-0.2, -0.15) is 0 Å². The van der Waals surface area contributed by atoms with E-state index in [1.807, 2.05) is 0 Å². The fourth-order valence-electron chi connectivity index (χ4n) is 7.29. The number of hydrogen-bond donors (Lipinski definition) is 0. The van der Waals surface area contributed by atoms with Gasteiger partial charge in [0.05, 0.1) is 0 Å². The molecule has 0 saturated carbocycles. The highest BCUT2D eigenvalue weighted by atomic mass is 14.2. The molecule has 0 nitrogen and oxygen atoms in total. The summed E-state index contributed by atoms with van der Waals surface area (Å²) in [5, 5.41) is 0. The van der Waals surface area contributed by atoms with Crippen molar-refractivity contribution in [1.29, 1.82) is 0 Å². The number of benzene rings is 7. The molecule has 16 aliphatic rings. The van der Waals surface area contributed by atoms with Crippen LogP contribution in [-0.2, 0) is 12.8 Å². The fourth-order valence-corrected chi connectivity index (χ4v) is 7.29. The molecule has 0 heteroatoms. The van der Waals surface area contributed by atoms with E-state index in [0.717, 1.165) is 57.3 Å². The van der Waals surface area contributed by atoms with E-state index >= 15 is 0 Å². The van der Waals surface area contributed by atoms with Crippen molar-refractivity contribution in [2.24, 2.45) is 0 Å². The zero-order valence-electron chi connectivity index (χ0n) is 29.3. The van der Waals surface area contributed by atoms with Crippen LogP contribution in [0.3, 0.4) is 0 Å². The normalized spacial score (nSPS) is 11.0. The predicted octanol–water partition coefficient (Wildman–Crippen LogP) is 12.8. The van der Waals surface area contributed by atoms with Crippen LogP contribution in [-0.4, -0.2) is 0 Å². The Morgan fingerprint density at radius 1 is 0.373 bits per heavy atom. The largest absolute Gasteiger partial charge is 0.115 e. The molecule has 0 aromatic heterocycles. The first-order chi connectivity index (χ1) is 25.0. The van der Waals surface area contributed by atoms with Crippen LogP contribution < -0.4 is 0 Å². The first-order valence-electron chi connectivity index (χ1n) is 17.8. The second-order valence-corrected chi connectivity index (χ2v) is 13.4. The van der Waals surface area contributed by atoms with Crippen LogP contribution in [0.4, 0.5) is 0 Å². The third kappa shape index (κ3) is 6.19. The van der Waals surface area contributed by atoms with Crippen molar-refractivity contribution >= 4 is 0 Å². The van der Waals surface area contributed by atoms with Crippen molar-refractivity contribution < 1.29 is 0 Å². The monoisotopic (exact) mass is 650 g/mol. The SMILES string of the molecule is C#Cc1cc2c(C#Cc3cc(CC)c(C)cc3CC)cc1-c1ccc(cc1)-c1ccc(cc1)-c1ccc(cc1)-c1ccc(cc1)-c1ccc-2cc1. The molecule has 7 aromatic carbocycles. The number of aryl methyl sites for hydroxylation is 3. The topological polar surface area (TPSA) is 0 Å². The zero-order chi connectivity index (χ0) is 34.9. The van der Waals surface area contributed by atoms with Gasteiger partial charge in [-0.1, -0.05) is 159 Å². The lowest BCUT2D eigenvalue weighted by molar-refractivity contribution is 1.07. The van der Waals surface area contributed by atoms with Gasteiger partial charge in [-0.05, 0) is 121 Å². The maximum atomic E-state index is 6.24. The van der Waals surface area contributed by atoms with Gasteiger partial charge in [-0.25, -0.2) is 0 Å². The molecule has 0 N–H and O–H groups in total. The minimum absolute atomic E-state index is 0.852. The summed E-state index contributed by atoms with van der Waals surface area (Å²) in [6.45, 7) is 6.61. The van der Waals surface area contributed by atoms with E-state index < -0.39 is 0 Å². The first-order valence-corrected chi connectivity index (χ1v) is 17.8. The van der Waals surface area contributed by atoms with Crippen LogP contribution in [0.15, 0.2) is 146 Å². The molecular weight excluding hydrogens is 613 g/mol. The Bertz CT molecular complexity index is 2490. The molecule has 7 aromatic rings. The van der Waals surface area contributed by atoms with Crippen molar-refractivity contribution in [3.63, 3.8) is 0 Å². The van der Waals surface area contributed by atoms with Crippen LogP contribution in [0.2, 0.25) is 0 Å². The van der Waals surface area contributed by atoms with Crippen LogP contribution in [0.1, 0.15) is 47.2 Å². The zero-order valence-corrected chi connectivity index (χ0v) is 29.3. The molecule has 0 saturated heterocycles. The van der Waals surface area contributed by atoms with Gasteiger partial charge >= 0.3 is 0 Å². The third-order valence-corrected chi connectivity index (χ3v) is 10.3. The molecule has 23 rings (SSSR count). The molecule has 0 unspecified atom stereocenters. The van der Waals surface area contributed by atoms with Gasteiger partial charge < -0.3 is 0 Å². The van der Waals surface area contributed by atoms with E-state index in [1.165, 1.54) is 55.6 Å². The summed E-state index contributed by atoms with van der Waals surface area (Å²) in [7, 11) is 0. The average molecular weight is 651 g/mol. The van der Waals surface area contributed by atoms with Gasteiger partial charge in [0.1, 0.15) is 0 Å². The Labute approximate surface area is 302 Å². The molecule has 51 heavy (non-hydrogen) atoms. The van der Waals surface area contributed by atoms with Gasteiger partial charge in [-0.3, -0.25) is 0 Å². The molecule has 0 amide bonds. The van der Waals surface area contributed by atoms with Crippen LogP contribution in [0.25, 0.3) is 66.8 Å². The Morgan fingerprint density at radius 3 is 1.04 bits per heavy atom. The lowest BCUT2D eigenvalue weighted by atomic mass is 9.89. The summed E-state index contributed by atoms with van der Waals surface area (Å²) >= 11 is 0. The van der Waals surface area contributed by atoms with Gasteiger partial charge in [0.2, 0.25) is 0 Å². The summed E-state index contributed by atoms with van der Waals surface area (Å²) in [6.07, 6.45) is 8.16. The van der Waals surface area contributed by atoms with Crippen molar-refractivity contribution in [1.82, 2.24) is 0 Å². The van der Waals surface area contributed by atoms with E-state index in [4.69, 9.17) is 6.42 Å². The van der Waals surface area contributed by atoms with E-state index in [2.05, 4.69) is 184 Å². The van der Waals surface area contributed by atoms with Crippen molar-refractivity contribution in [3.05, 3.63) is 179 Å². The minimum Gasteiger partial charge on any atom is -0.115 e. The highest BCUT2D eigenvalue weighted by Gasteiger charge is 2.14. The number of rotatable bonds is 2. The smallest absolute Gasteiger partial charge is 0.0334 e. The van der Waals surface area contributed by atoms with Crippen LogP contribution >= 0.6 is 0 Å². The van der Waals surface area contributed by atoms with Crippen LogP contribution in [0, 0.1) is 31.1 Å². The van der Waals surface area contributed by atoms with Gasteiger partial charge in [0, 0.05) is 16.7 Å². The van der Waals surface area contributed by atoms with E-state index in [1.54, 1.807) is 0 Å². The van der Waals surface area contributed by atoms with E-state index in [-0.39, 0.29) is 0 Å². The molecule has 0 radical (unpaired) electrons. The minimum atomic E-state index is 0.852. The third-order valence-electron chi connectivity index (χ3n) is 10.3. The molecule has 242 valence electrons. The molecular formula is C51H38. The lowest BCUT2D eigenvalue weighted by Gasteiger charge is -2.14. The number of terminal acetylenes is 1. The number of hydrogen-bond acceptors (Lipinski definition) is 0. The molecule has 0 fully saturated rings. The second kappa shape index (κ2) is 13.5. The standard InChI is InChI=1S/C51H38/c1-5-35-31-48(36(6-2)30-34(35)4)28-29-49-33-50-37(7-3)32-51(49)47-26-22-45(23-27-47)43-18-14-41(15-19-43)39-10-8-38(9-11-39)40-12-16-42(17-13-40)44-20-24-46(50)25-21-44/h3,8-27,30-33H,5-6H2,1-2,4H3. The van der Waals surface area contributed by atoms with Crippen LogP contribution in [0.5, 0.6) is 0 Å². The van der Waals surface area contributed by atoms with Crippen molar-refractivity contribution in [2.45, 2.75) is 33.6 Å². The van der Waals surface area contributed by atoms with Crippen molar-refractivity contribution in [3.8, 4) is 90.9 Å². The molecule has 12 bridgehead atoms. The lowest BCUT2D eigenvalue weighted by Crippen LogP contribution is -1.96. The second-order valence-electron chi connectivity index (χ2n) is 13.4. The summed E-state index contributed by atoms with van der Waals surface area (Å²) in [5.41, 5.74) is 20.6. The first kappa shape index (κ1) is 31.9. The van der Waals surface area contributed by atoms with Gasteiger partial charge in [0.25, 0.3) is 0 Å². The van der Waals surface area contributed by atoms with Gasteiger partial charge in [0.15, 0.2) is 0 Å². The fraction of sp³-hybridized carbons (Fsp3) is 0.0980. The molecule has 0 atom stereocenters. The van der Waals surface area contributed by atoms with Crippen molar-refractivity contribution in [2.75, 3.05) is 0 Å². The van der Waals surface area contributed by atoms with E-state index in [0.29, 0.717) is 0 Å². The summed E-state index contributed by atoms with van der Waals surface area (Å²) in [4.78, 5) is 0. The summed E-state index contributed by atoms with van der Waals surface area (Å²) in [5.74, 6) is 10.2. The summed E-state index contributed by atoms with van der Waals surface area (Å²) in [6, 6.07) is 52.9. The quantitative estimate of drug-likeness (QED) is 0.163. The molecule has 16 aliphatic carbocycles. The summed E-state index contributed by atoms with van der Waals surface area (Å²) < 4.78 is 0. The Morgan fingerprint density at radius 2 is 0.686 bits per heavy atom. The maximum Gasteiger partial charge on any atom is 0.0334 e. The highest BCUT2D eigenvalue weighted by Crippen LogP contribution is 2.36. The average Bonchev–Trinajstić information content (AvgIpc) is 3.20. The maximum absolute atomic E-state index is 6.24. The highest BCUT2D eigenvalue weighted by molar-refractivity contribution is 5.84.